The van der Waals surface area contributed by atoms with E-state index in [1.54, 1.807) is 0 Å². The van der Waals surface area contributed by atoms with Gasteiger partial charge in [-0.2, -0.15) is 21.3 Å². The average molecular weight is 148 g/mol. The van der Waals surface area contributed by atoms with E-state index in [9.17, 15) is 0 Å². The number of hydrogen-bond acceptors (Lipinski definition) is 3. The normalized spacial score (nSPS) is 2.57. The van der Waals surface area contributed by atoms with E-state index in [-0.39, 0.29) is 17.1 Å². The van der Waals surface area contributed by atoms with Gasteiger partial charge in [-0.25, -0.2) is 0 Å². The van der Waals surface area contributed by atoms with Crippen molar-refractivity contribution < 1.29 is 32.4 Å². The van der Waals surface area contributed by atoms with Crippen LogP contribution in [0.4, 0.5) is 0 Å². The van der Waals surface area contributed by atoms with Crippen LogP contribution in [0.25, 0.3) is 0 Å². The predicted molar refractivity (Wildman–Crippen MR) is 17.8 cm³/mol. The third kappa shape index (κ3) is 776. The molecule has 0 aromatic heterocycles. The van der Waals surface area contributed by atoms with E-state index >= 15 is 0 Å². The molecule has 0 fully saturated rings. The molecule has 46 valence electrons. The van der Waals surface area contributed by atoms with Crippen LogP contribution in [0.15, 0.2) is 0 Å². The second kappa shape index (κ2) is 1170. The standard InChI is InChI=1S/3CH3O.Mn/c3*1-2;/h3*1H3;/q3*-1;+3. The summed E-state index contributed by atoms with van der Waals surface area (Å²) in [5.74, 6) is 0. The molecule has 0 N–H and O–H groups in total. The van der Waals surface area contributed by atoms with Gasteiger partial charge in [0, 0.05) is 0 Å². The van der Waals surface area contributed by atoms with Gasteiger partial charge in [0.05, 0.1) is 0 Å². The molecule has 7 heavy (non-hydrogen) atoms. The molecule has 0 radical (unpaired) electrons. The first-order valence-electron chi connectivity index (χ1n) is 1.22. The maximum atomic E-state index is 8.25. The van der Waals surface area contributed by atoms with E-state index in [1.165, 1.54) is 0 Å². The van der Waals surface area contributed by atoms with Gasteiger partial charge in [0.2, 0.25) is 0 Å². The van der Waals surface area contributed by atoms with Gasteiger partial charge in [0.15, 0.2) is 0 Å². The Labute approximate surface area is 54.5 Å². The van der Waals surface area contributed by atoms with Crippen molar-refractivity contribution >= 4 is 0 Å². The van der Waals surface area contributed by atoms with Crippen LogP contribution >= 0.6 is 0 Å². The Hall–Kier alpha value is 0.399. The molecule has 0 atom stereocenters. The Bertz CT molecular complexity index is 10.1. The summed E-state index contributed by atoms with van der Waals surface area (Å²) in [5.41, 5.74) is 0. The van der Waals surface area contributed by atoms with E-state index in [0.29, 0.717) is 0 Å². The fourth-order valence-corrected chi connectivity index (χ4v) is 0. The summed E-state index contributed by atoms with van der Waals surface area (Å²) in [4.78, 5) is 0. The molecule has 0 saturated heterocycles. The Kier molecular flexibility index (Phi) is 4380. The van der Waals surface area contributed by atoms with Crippen LogP contribution in [0.2, 0.25) is 0 Å². The summed E-state index contributed by atoms with van der Waals surface area (Å²) < 4.78 is 0. The number of rotatable bonds is 0. The van der Waals surface area contributed by atoms with Gasteiger partial charge in [-0.1, -0.05) is 0 Å². The maximum Gasteiger partial charge on any atom is 3.00 e. The topological polar surface area (TPSA) is 69.2 Å². The van der Waals surface area contributed by atoms with Gasteiger partial charge in [-0.15, -0.1) is 0 Å². The van der Waals surface area contributed by atoms with Gasteiger partial charge in [0.1, 0.15) is 0 Å². The first kappa shape index (κ1) is 26.2. The van der Waals surface area contributed by atoms with Crippen molar-refractivity contribution in [1.29, 1.82) is 0 Å². The molecular formula is C3H9MnO3. The Balaban J connectivity index is -0.00000000900. The summed E-state index contributed by atoms with van der Waals surface area (Å²) in [7, 11) is 2.25. The largest absolute Gasteiger partial charge is 3.00 e. The smallest absolute Gasteiger partial charge is 0.857 e. The van der Waals surface area contributed by atoms with Gasteiger partial charge in [0.25, 0.3) is 0 Å². The van der Waals surface area contributed by atoms with Crippen molar-refractivity contribution in [1.82, 2.24) is 0 Å². The van der Waals surface area contributed by atoms with Crippen molar-refractivity contribution in [2.24, 2.45) is 0 Å². The van der Waals surface area contributed by atoms with Gasteiger partial charge >= 0.3 is 17.1 Å². The van der Waals surface area contributed by atoms with Crippen LogP contribution in [0.5, 0.6) is 0 Å². The molecule has 4 heteroatoms. The van der Waals surface area contributed by atoms with E-state index < -0.39 is 0 Å². The van der Waals surface area contributed by atoms with Crippen LogP contribution < -0.4 is 15.3 Å². The molecule has 0 bridgehead atoms. The monoisotopic (exact) mass is 148 g/mol. The molecule has 0 heterocycles. The van der Waals surface area contributed by atoms with E-state index in [2.05, 4.69) is 0 Å². The average Bonchev–Trinajstić information content (AvgIpc) is 1.81. The second-order valence-electron chi connectivity index (χ2n) is 0. The minimum Gasteiger partial charge on any atom is -0.857 e. The summed E-state index contributed by atoms with van der Waals surface area (Å²) >= 11 is 0. The van der Waals surface area contributed by atoms with Crippen molar-refractivity contribution in [3.63, 3.8) is 0 Å². The summed E-state index contributed by atoms with van der Waals surface area (Å²) in [5, 5.41) is 24.8. The third-order valence-corrected chi connectivity index (χ3v) is 0. The Morgan fingerprint density at radius 1 is 0.571 bits per heavy atom. The summed E-state index contributed by atoms with van der Waals surface area (Å²) in [6, 6.07) is 0. The molecule has 0 aromatic carbocycles. The molecule has 0 aliphatic heterocycles. The Morgan fingerprint density at radius 3 is 0.571 bits per heavy atom. The van der Waals surface area contributed by atoms with E-state index in [1.807, 2.05) is 0 Å². The first-order valence-corrected chi connectivity index (χ1v) is 1.22. The van der Waals surface area contributed by atoms with E-state index in [4.69, 9.17) is 15.3 Å². The zero-order chi connectivity index (χ0) is 6.00. The third-order valence-electron chi connectivity index (χ3n) is 0. The SMILES string of the molecule is C[O-].C[O-].C[O-].[Mn+3]. The van der Waals surface area contributed by atoms with Crippen LogP contribution in [-0.4, -0.2) is 21.3 Å². The van der Waals surface area contributed by atoms with E-state index in [0.717, 1.165) is 21.3 Å². The minimum atomic E-state index is 0. The fourth-order valence-electron chi connectivity index (χ4n) is 0. The van der Waals surface area contributed by atoms with Crippen LogP contribution in [0, 0.1) is 0 Å². The quantitative estimate of drug-likeness (QED) is 0.342. The minimum absolute atomic E-state index is 0. The summed E-state index contributed by atoms with van der Waals surface area (Å²) in [6.45, 7) is 0. The molecule has 3 nitrogen and oxygen atoms in total. The van der Waals surface area contributed by atoms with Crippen LogP contribution in [-0.2, 0) is 17.1 Å². The number of hydrogen-bond donors (Lipinski definition) is 0. The zero-order valence-electron chi connectivity index (χ0n) is 4.60. The molecule has 0 amide bonds. The predicted octanol–water partition coefficient (Wildman–Crippen LogP) is -3.07. The molecule has 0 unspecified atom stereocenters. The zero-order valence-corrected chi connectivity index (χ0v) is 5.78. The van der Waals surface area contributed by atoms with Crippen molar-refractivity contribution in [2.45, 2.75) is 0 Å². The first-order chi connectivity index (χ1) is 3.00. The van der Waals surface area contributed by atoms with Crippen molar-refractivity contribution in [3.05, 3.63) is 0 Å². The second-order valence-corrected chi connectivity index (χ2v) is 0. The molecule has 0 saturated carbocycles. The molecular weight excluding hydrogens is 139 g/mol. The molecule has 0 aliphatic carbocycles. The molecule has 0 spiro atoms. The van der Waals surface area contributed by atoms with Crippen LogP contribution in [0.1, 0.15) is 0 Å². The Morgan fingerprint density at radius 2 is 0.571 bits per heavy atom. The van der Waals surface area contributed by atoms with Gasteiger partial charge < -0.3 is 15.3 Å². The van der Waals surface area contributed by atoms with Crippen molar-refractivity contribution in [3.8, 4) is 0 Å². The fraction of sp³-hybridized carbons (Fsp3) is 1.00. The van der Waals surface area contributed by atoms with Gasteiger partial charge in [-0.05, 0) is 0 Å². The summed E-state index contributed by atoms with van der Waals surface area (Å²) in [6.07, 6.45) is 0. The van der Waals surface area contributed by atoms with Crippen molar-refractivity contribution in [2.75, 3.05) is 21.3 Å². The van der Waals surface area contributed by atoms with Gasteiger partial charge in [-0.3, -0.25) is 0 Å². The molecule has 0 aliphatic rings. The maximum absolute atomic E-state index is 8.25. The molecule has 0 rings (SSSR count). The van der Waals surface area contributed by atoms with Crippen LogP contribution in [0.3, 0.4) is 0 Å². The molecule has 0 aromatic rings.